The van der Waals surface area contributed by atoms with Crippen LogP contribution in [0.15, 0.2) is 36.9 Å². The standard InChI is InChI=1S/C14H16N6/c1-15-4-5-16-14-17-7-11(8-18-14)10-2-3-12-13(6-10)20-9-19-12/h2-3,6-9,15H,4-5H2,1H3,(H,19,20)(H,16,17,18). The Hall–Kier alpha value is -2.47. The van der Waals surface area contributed by atoms with Crippen LogP contribution in [0.5, 0.6) is 0 Å². The molecule has 0 unspecified atom stereocenters. The lowest BCUT2D eigenvalue weighted by Gasteiger charge is -2.05. The maximum Gasteiger partial charge on any atom is 0.222 e. The van der Waals surface area contributed by atoms with Crippen LogP contribution < -0.4 is 10.6 Å². The molecular formula is C14H16N6. The van der Waals surface area contributed by atoms with Gasteiger partial charge in [0.2, 0.25) is 5.95 Å². The lowest BCUT2D eigenvalue weighted by molar-refractivity contribution is 0.817. The first kappa shape index (κ1) is 12.6. The molecule has 2 heterocycles. The average molecular weight is 268 g/mol. The van der Waals surface area contributed by atoms with Gasteiger partial charge in [-0.3, -0.25) is 0 Å². The number of likely N-dealkylation sites (N-methyl/N-ethyl adjacent to an activating group) is 1. The summed E-state index contributed by atoms with van der Waals surface area (Å²) in [4.78, 5) is 15.9. The van der Waals surface area contributed by atoms with Crippen molar-refractivity contribution in [3.8, 4) is 11.1 Å². The second-order valence-electron chi connectivity index (χ2n) is 4.46. The van der Waals surface area contributed by atoms with Crippen molar-refractivity contribution >= 4 is 17.0 Å². The second-order valence-corrected chi connectivity index (χ2v) is 4.46. The molecule has 0 spiro atoms. The van der Waals surface area contributed by atoms with Gasteiger partial charge in [0.25, 0.3) is 0 Å². The van der Waals surface area contributed by atoms with Crippen LogP contribution in [0.3, 0.4) is 0 Å². The van der Waals surface area contributed by atoms with Gasteiger partial charge in [0.15, 0.2) is 0 Å². The number of H-pyrrole nitrogens is 1. The predicted molar refractivity (Wildman–Crippen MR) is 79.5 cm³/mol. The van der Waals surface area contributed by atoms with Crippen molar-refractivity contribution in [3.05, 3.63) is 36.9 Å². The Morgan fingerprint density at radius 1 is 1.05 bits per heavy atom. The molecule has 1 aromatic carbocycles. The SMILES string of the molecule is CNCCNc1ncc(-c2ccc3nc[nH]c3c2)cn1. The summed E-state index contributed by atoms with van der Waals surface area (Å²) in [6.07, 6.45) is 5.35. The normalized spacial score (nSPS) is 10.8. The number of nitrogens with one attached hydrogen (secondary N) is 3. The van der Waals surface area contributed by atoms with Crippen LogP contribution in [0.2, 0.25) is 0 Å². The van der Waals surface area contributed by atoms with E-state index in [4.69, 9.17) is 0 Å². The summed E-state index contributed by atoms with van der Waals surface area (Å²) in [6, 6.07) is 6.06. The van der Waals surface area contributed by atoms with Crippen LogP contribution >= 0.6 is 0 Å². The van der Waals surface area contributed by atoms with E-state index in [1.165, 1.54) is 0 Å². The van der Waals surface area contributed by atoms with Crippen LogP contribution in [0.1, 0.15) is 0 Å². The molecular weight excluding hydrogens is 252 g/mol. The molecule has 0 amide bonds. The van der Waals surface area contributed by atoms with Crippen LogP contribution in [0, 0.1) is 0 Å². The highest BCUT2D eigenvalue weighted by Crippen LogP contribution is 2.21. The van der Waals surface area contributed by atoms with Crippen molar-refractivity contribution < 1.29 is 0 Å². The van der Waals surface area contributed by atoms with Crippen LogP contribution in [-0.4, -0.2) is 40.1 Å². The summed E-state index contributed by atoms with van der Waals surface area (Å²) in [7, 11) is 1.91. The van der Waals surface area contributed by atoms with Gasteiger partial charge >= 0.3 is 0 Å². The van der Waals surface area contributed by atoms with Crippen molar-refractivity contribution in [1.82, 2.24) is 25.3 Å². The zero-order chi connectivity index (χ0) is 13.8. The monoisotopic (exact) mass is 268 g/mol. The Morgan fingerprint density at radius 2 is 1.90 bits per heavy atom. The van der Waals surface area contributed by atoms with Gasteiger partial charge in [-0.1, -0.05) is 6.07 Å². The van der Waals surface area contributed by atoms with Crippen molar-refractivity contribution in [2.75, 3.05) is 25.5 Å². The quantitative estimate of drug-likeness (QED) is 0.613. The minimum absolute atomic E-state index is 0.645. The van der Waals surface area contributed by atoms with Crippen molar-refractivity contribution in [2.45, 2.75) is 0 Å². The minimum atomic E-state index is 0.645. The molecule has 102 valence electrons. The molecule has 3 rings (SSSR count). The molecule has 6 heteroatoms. The van der Waals surface area contributed by atoms with E-state index < -0.39 is 0 Å². The van der Waals surface area contributed by atoms with Crippen molar-refractivity contribution in [1.29, 1.82) is 0 Å². The Kier molecular flexibility index (Phi) is 3.56. The van der Waals surface area contributed by atoms with Gasteiger partial charge in [-0.15, -0.1) is 0 Å². The number of hydrogen-bond donors (Lipinski definition) is 3. The second kappa shape index (κ2) is 5.66. The van der Waals surface area contributed by atoms with Crippen molar-refractivity contribution in [2.24, 2.45) is 0 Å². The maximum absolute atomic E-state index is 4.32. The molecule has 0 aliphatic rings. The van der Waals surface area contributed by atoms with Gasteiger partial charge < -0.3 is 15.6 Å². The first-order chi connectivity index (χ1) is 9.86. The van der Waals surface area contributed by atoms with E-state index in [1.807, 2.05) is 31.6 Å². The van der Waals surface area contributed by atoms with Crippen LogP contribution in [-0.2, 0) is 0 Å². The Labute approximate surface area is 116 Å². The lowest BCUT2D eigenvalue weighted by atomic mass is 10.1. The highest BCUT2D eigenvalue weighted by molar-refractivity contribution is 5.81. The number of rotatable bonds is 5. The third kappa shape index (κ3) is 2.60. The largest absolute Gasteiger partial charge is 0.353 e. The molecule has 0 atom stereocenters. The Morgan fingerprint density at radius 3 is 2.70 bits per heavy atom. The zero-order valence-corrected chi connectivity index (χ0v) is 11.2. The topological polar surface area (TPSA) is 78.5 Å². The highest BCUT2D eigenvalue weighted by atomic mass is 15.1. The maximum atomic E-state index is 4.32. The van der Waals surface area contributed by atoms with E-state index in [2.05, 4.69) is 36.6 Å². The molecule has 0 fully saturated rings. The molecule has 0 bridgehead atoms. The third-order valence-corrected chi connectivity index (χ3v) is 3.06. The number of fused-ring (bicyclic) bond motifs is 1. The van der Waals surface area contributed by atoms with Gasteiger partial charge in [0.1, 0.15) is 0 Å². The molecule has 2 aromatic heterocycles. The zero-order valence-electron chi connectivity index (χ0n) is 11.2. The van der Waals surface area contributed by atoms with E-state index in [0.717, 1.165) is 35.2 Å². The molecule has 0 aliphatic carbocycles. The van der Waals surface area contributed by atoms with Gasteiger partial charge in [-0.25, -0.2) is 15.0 Å². The fraction of sp³-hybridized carbons (Fsp3) is 0.214. The van der Waals surface area contributed by atoms with E-state index >= 15 is 0 Å². The van der Waals surface area contributed by atoms with E-state index in [0.29, 0.717) is 5.95 Å². The number of anilines is 1. The summed E-state index contributed by atoms with van der Waals surface area (Å²) in [5, 5.41) is 6.21. The highest BCUT2D eigenvalue weighted by Gasteiger charge is 2.03. The Bertz CT molecular complexity index is 688. The molecule has 3 aromatic rings. The van der Waals surface area contributed by atoms with Gasteiger partial charge in [-0.2, -0.15) is 0 Å². The first-order valence-corrected chi connectivity index (χ1v) is 6.51. The fourth-order valence-corrected chi connectivity index (χ4v) is 1.98. The summed E-state index contributed by atoms with van der Waals surface area (Å²) in [6.45, 7) is 1.68. The average Bonchev–Trinajstić information content (AvgIpc) is 2.96. The molecule has 0 radical (unpaired) electrons. The molecule has 0 saturated heterocycles. The predicted octanol–water partition coefficient (Wildman–Crippen LogP) is 1.65. The summed E-state index contributed by atoms with van der Waals surface area (Å²) >= 11 is 0. The number of aromatic nitrogens is 4. The number of hydrogen-bond acceptors (Lipinski definition) is 5. The molecule has 20 heavy (non-hydrogen) atoms. The molecule has 6 nitrogen and oxygen atoms in total. The van der Waals surface area contributed by atoms with Crippen molar-refractivity contribution in [3.63, 3.8) is 0 Å². The number of imidazole rings is 1. The van der Waals surface area contributed by atoms with Gasteiger partial charge in [0.05, 0.1) is 17.4 Å². The van der Waals surface area contributed by atoms with Gasteiger partial charge in [0, 0.05) is 31.0 Å². The first-order valence-electron chi connectivity index (χ1n) is 6.51. The fourth-order valence-electron chi connectivity index (χ4n) is 1.98. The molecule has 0 aliphatic heterocycles. The molecule has 0 saturated carbocycles. The molecule has 3 N–H and O–H groups in total. The number of nitrogens with zero attached hydrogens (tertiary/aromatic N) is 3. The Balaban J connectivity index is 1.79. The third-order valence-electron chi connectivity index (χ3n) is 3.06. The number of benzene rings is 1. The number of aromatic amines is 1. The minimum Gasteiger partial charge on any atom is -0.353 e. The summed E-state index contributed by atoms with van der Waals surface area (Å²) < 4.78 is 0. The van der Waals surface area contributed by atoms with E-state index in [9.17, 15) is 0 Å². The van der Waals surface area contributed by atoms with E-state index in [-0.39, 0.29) is 0 Å². The van der Waals surface area contributed by atoms with Gasteiger partial charge in [-0.05, 0) is 24.7 Å². The smallest absolute Gasteiger partial charge is 0.222 e. The van der Waals surface area contributed by atoms with Crippen LogP contribution in [0.4, 0.5) is 5.95 Å². The van der Waals surface area contributed by atoms with Crippen LogP contribution in [0.25, 0.3) is 22.2 Å². The lowest BCUT2D eigenvalue weighted by Crippen LogP contribution is -2.18. The summed E-state index contributed by atoms with van der Waals surface area (Å²) in [5.74, 6) is 0.645. The summed E-state index contributed by atoms with van der Waals surface area (Å²) in [5.41, 5.74) is 4.03. The van der Waals surface area contributed by atoms with E-state index in [1.54, 1.807) is 6.33 Å².